The van der Waals surface area contributed by atoms with Gasteiger partial charge in [-0.3, -0.25) is 4.98 Å². The van der Waals surface area contributed by atoms with Crippen molar-refractivity contribution in [3.63, 3.8) is 0 Å². The first kappa shape index (κ1) is 10.5. The van der Waals surface area contributed by atoms with Crippen molar-refractivity contribution in [2.75, 3.05) is 26.3 Å². The molecule has 4 nitrogen and oxygen atoms in total. The van der Waals surface area contributed by atoms with E-state index in [-0.39, 0.29) is 5.41 Å². The summed E-state index contributed by atoms with van der Waals surface area (Å²) in [5.41, 5.74) is 6.93. The molecule has 1 aromatic heterocycles. The highest BCUT2D eigenvalue weighted by Gasteiger charge is 2.36. The fourth-order valence-electron chi connectivity index (χ4n) is 1.64. The van der Waals surface area contributed by atoms with E-state index in [1.54, 1.807) is 0 Å². The zero-order valence-electron chi connectivity index (χ0n) is 8.78. The summed E-state index contributed by atoms with van der Waals surface area (Å²) >= 11 is 0. The molecule has 0 amide bonds. The Kier molecular flexibility index (Phi) is 3.30. The van der Waals surface area contributed by atoms with Crippen LogP contribution in [0.15, 0.2) is 24.4 Å². The molecule has 2 rings (SSSR count). The minimum atomic E-state index is 0.161. The lowest BCUT2D eigenvalue weighted by Crippen LogP contribution is -2.54. The van der Waals surface area contributed by atoms with E-state index in [0.717, 1.165) is 32.0 Å². The first-order chi connectivity index (χ1) is 7.35. The molecule has 4 heteroatoms. The highest BCUT2D eigenvalue weighted by molar-refractivity contribution is 5.03. The van der Waals surface area contributed by atoms with Crippen molar-refractivity contribution in [3.05, 3.63) is 30.1 Å². The number of rotatable bonds is 5. The summed E-state index contributed by atoms with van der Waals surface area (Å²) < 4.78 is 5.20. The molecule has 0 spiro atoms. The quantitative estimate of drug-likeness (QED) is 0.721. The van der Waals surface area contributed by atoms with Crippen LogP contribution in [0.1, 0.15) is 5.69 Å². The van der Waals surface area contributed by atoms with Gasteiger partial charge in [0.25, 0.3) is 0 Å². The molecule has 0 aromatic carbocycles. The maximum Gasteiger partial charge on any atom is 0.0569 e. The number of ether oxygens (including phenoxy) is 1. The van der Waals surface area contributed by atoms with Crippen molar-refractivity contribution in [2.24, 2.45) is 11.1 Å². The number of aromatic nitrogens is 1. The third-order valence-electron chi connectivity index (χ3n) is 2.78. The molecule has 1 saturated heterocycles. The number of nitrogens with one attached hydrogen (secondary N) is 1. The van der Waals surface area contributed by atoms with Crippen molar-refractivity contribution in [1.29, 1.82) is 0 Å². The minimum absolute atomic E-state index is 0.161. The fourth-order valence-corrected chi connectivity index (χ4v) is 1.64. The van der Waals surface area contributed by atoms with Crippen LogP contribution >= 0.6 is 0 Å². The molecule has 2 heterocycles. The van der Waals surface area contributed by atoms with Gasteiger partial charge in [-0.05, 0) is 12.1 Å². The molecule has 15 heavy (non-hydrogen) atoms. The zero-order valence-corrected chi connectivity index (χ0v) is 8.78. The molecule has 0 unspecified atom stereocenters. The van der Waals surface area contributed by atoms with Crippen LogP contribution in [0.2, 0.25) is 0 Å². The molecule has 1 aliphatic rings. The van der Waals surface area contributed by atoms with Gasteiger partial charge in [0, 0.05) is 31.2 Å². The molecule has 0 atom stereocenters. The van der Waals surface area contributed by atoms with Crippen molar-refractivity contribution in [1.82, 2.24) is 10.3 Å². The van der Waals surface area contributed by atoms with Gasteiger partial charge >= 0.3 is 0 Å². The van der Waals surface area contributed by atoms with Gasteiger partial charge in [0.05, 0.1) is 18.9 Å². The first-order valence-electron chi connectivity index (χ1n) is 5.23. The van der Waals surface area contributed by atoms with Gasteiger partial charge in [-0.25, -0.2) is 0 Å². The molecule has 0 bridgehead atoms. The fraction of sp³-hybridized carbons (Fsp3) is 0.545. The van der Waals surface area contributed by atoms with Crippen molar-refractivity contribution >= 4 is 0 Å². The Labute approximate surface area is 89.8 Å². The lowest BCUT2D eigenvalue weighted by Gasteiger charge is -2.40. The van der Waals surface area contributed by atoms with Crippen LogP contribution < -0.4 is 11.1 Å². The summed E-state index contributed by atoms with van der Waals surface area (Å²) in [5, 5.41) is 3.37. The monoisotopic (exact) mass is 207 g/mol. The Balaban J connectivity index is 1.75. The lowest BCUT2D eigenvalue weighted by molar-refractivity contribution is -0.105. The molecule has 0 aliphatic carbocycles. The summed E-state index contributed by atoms with van der Waals surface area (Å²) in [4.78, 5) is 4.24. The maximum atomic E-state index is 5.71. The maximum absolute atomic E-state index is 5.71. The Morgan fingerprint density at radius 2 is 2.33 bits per heavy atom. The van der Waals surface area contributed by atoms with Gasteiger partial charge in [-0.15, -0.1) is 0 Å². The van der Waals surface area contributed by atoms with Crippen LogP contribution in [0.25, 0.3) is 0 Å². The summed E-state index contributed by atoms with van der Waals surface area (Å²) in [7, 11) is 0. The second-order valence-corrected chi connectivity index (χ2v) is 4.12. The molecule has 82 valence electrons. The van der Waals surface area contributed by atoms with E-state index in [4.69, 9.17) is 10.5 Å². The number of nitrogens with two attached hydrogens (primary N) is 1. The third-order valence-corrected chi connectivity index (χ3v) is 2.78. The normalized spacial score (nSPS) is 18.5. The number of nitrogens with zero attached hydrogens (tertiary/aromatic N) is 1. The standard InChI is InChI=1S/C11H17N3O/c12-6-11(8-15-9-11)7-13-5-10-3-1-2-4-14-10/h1-4,13H,5-9,12H2. The first-order valence-corrected chi connectivity index (χ1v) is 5.23. The molecular weight excluding hydrogens is 190 g/mol. The van der Waals surface area contributed by atoms with E-state index in [0.29, 0.717) is 6.54 Å². The number of hydrogen-bond donors (Lipinski definition) is 2. The van der Waals surface area contributed by atoms with Crippen molar-refractivity contribution in [2.45, 2.75) is 6.54 Å². The van der Waals surface area contributed by atoms with Crippen LogP contribution in [0.5, 0.6) is 0 Å². The Morgan fingerprint density at radius 3 is 2.87 bits per heavy atom. The van der Waals surface area contributed by atoms with Crippen LogP contribution in [0, 0.1) is 5.41 Å². The van der Waals surface area contributed by atoms with Crippen LogP contribution in [0.4, 0.5) is 0 Å². The van der Waals surface area contributed by atoms with E-state index in [1.165, 1.54) is 0 Å². The predicted molar refractivity (Wildman–Crippen MR) is 58.3 cm³/mol. The summed E-state index contributed by atoms with van der Waals surface area (Å²) in [6.45, 7) is 3.93. The zero-order chi connectivity index (χ0) is 10.6. The molecule has 3 N–H and O–H groups in total. The highest BCUT2D eigenvalue weighted by Crippen LogP contribution is 2.24. The minimum Gasteiger partial charge on any atom is -0.380 e. The third kappa shape index (κ3) is 2.53. The van der Waals surface area contributed by atoms with Gasteiger partial charge < -0.3 is 15.8 Å². The van der Waals surface area contributed by atoms with E-state index in [1.807, 2.05) is 24.4 Å². The van der Waals surface area contributed by atoms with E-state index < -0.39 is 0 Å². The molecule has 1 aliphatic heterocycles. The van der Waals surface area contributed by atoms with Gasteiger partial charge in [-0.1, -0.05) is 6.07 Å². The second kappa shape index (κ2) is 4.70. The highest BCUT2D eigenvalue weighted by atomic mass is 16.5. The molecule has 1 aromatic rings. The van der Waals surface area contributed by atoms with Crippen LogP contribution in [-0.4, -0.2) is 31.3 Å². The molecule has 0 saturated carbocycles. The van der Waals surface area contributed by atoms with Gasteiger partial charge in [-0.2, -0.15) is 0 Å². The average molecular weight is 207 g/mol. The van der Waals surface area contributed by atoms with Gasteiger partial charge in [0.2, 0.25) is 0 Å². The molecular formula is C11H17N3O. The average Bonchev–Trinajstić information content (AvgIpc) is 2.24. The SMILES string of the molecule is NCC1(CNCc2ccccn2)COC1. The smallest absolute Gasteiger partial charge is 0.0569 e. The van der Waals surface area contributed by atoms with Crippen molar-refractivity contribution < 1.29 is 4.74 Å². The van der Waals surface area contributed by atoms with Gasteiger partial charge in [0.1, 0.15) is 0 Å². The molecule has 1 fully saturated rings. The summed E-state index contributed by atoms with van der Waals surface area (Å²) in [6, 6.07) is 5.93. The largest absolute Gasteiger partial charge is 0.380 e. The Hall–Kier alpha value is -0.970. The lowest BCUT2D eigenvalue weighted by atomic mass is 9.86. The summed E-state index contributed by atoms with van der Waals surface area (Å²) in [5.74, 6) is 0. The Morgan fingerprint density at radius 1 is 1.47 bits per heavy atom. The van der Waals surface area contributed by atoms with Gasteiger partial charge in [0.15, 0.2) is 0 Å². The van der Waals surface area contributed by atoms with E-state index in [2.05, 4.69) is 10.3 Å². The number of hydrogen-bond acceptors (Lipinski definition) is 4. The second-order valence-electron chi connectivity index (χ2n) is 4.12. The molecule has 0 radical (unpaired) electrons. The van der Waals surface area contributed by atoms with E-state index in [9.17, 15) is 0 Å². The number of pyridine rings is 1. The van der Waals surface area contributed by atoms with Crippen molar-refractivity contribution in [3.8, 4) is 0 Å². The van der Waals surface area contributed by atoms with E-state index >= 15 is 0 Å². The predicted octanol–water partition coefficient (Wildman–Crippen LogP) is 0.146. The Bertz CT molecular complexity index is 292. The summed E-state index contributed by atoms with van der Waals surface area (Å²) in [6.07, 6.45) is 1.81. The van der Waals surface area contributed by atoms with Crippen LogP contribution in [-0.2, 0) is 11.3 Å². The van der Waals surface area contributed by atoms with Crippen LogP contribution in [0.3, 0.4) is 0 Å². The topological polar surface area (TPSA) is 60.2 Å².